The number of likely N-dealkylation sites (N-methyl/N-ethyl adjacent to an activating group) is 1. The van der Waals surface area contributed by atoms with E-state index >= 15 is 0 Å². The summed E-state index contributed by atoms with van der Waals surface area (Å²) in [5, 5.41) is 7.03. The fraction of sp³-hybridized carbons (Fsp3) is 0.708. The molecule has 1 atom stereocenters. The van der Waals surface area contributed by atoms with E-state index in [4.69, 9.17) is 4.99 Å². The molecule has 1 fully saturated rings. The molecule has 164 valence electrons. The molecule has 0 aromatic heterocycles. The topological polar surface area (TPSA) is 42.9 Å². The second-order valence-electron chi connectivity index (χ2n) is 8.64. The molecule has 1 aliphatic rings. The zero-order chi connectivity index (χ0) is 21.1. The van der Waals surface area contributed by atoms with Crippen molar-refractivity contribution in [1.82, 2.24) is 20.4 Å². The highest BCUT2D eigenvalue weighted by molar-refractivity contribution is 5.79. The molecule has 0 radical (unpaired) electrons. The number of piperazine rings is 1. The molecule has 0 saturated carbocycles. The quantitative estimate of drug-likeness (QED) is 0.467. The Balaban J connectivity index is 1.94. The summed E-state index contributed by atoms with van der Waals surface area (Å²) in [6.07, 6.45) is 2.19. The Hall–Kier alpha value is -1.59. The van der Waals surface area contributed by atoms with Gasteiger partial charge in [0.1, 0.15) is 0 Å². The van der Waals surface area contributed by atoms with Gasteiger partial charge in [-0.1, -0.05) is 51.1 Å². The van der Waals surface area contributed by atoms with Crippen molar-refractivity contribution >= 4 is 5.96 Å². The van der Waals surface area contributed by atoms with Gasteiger partial charge in [-0.15, -0.1) is 0 Å². The number of nitrogens with one attached hydrogen (secondary N) is 2. The lowest BCUT2D eigenvalue weighted by Crippen LogP contribution is -2.47. The third-order valence-electron chi connectivity index (χ3n) is 6.41. The largest absolute Gasteiger partial charge is 0.357 e. The average Bonchev–Trinajstić information content (AvgIpc) is 2.75. The highest BCUT2D eigenvalue weighted by atomic mass is 15.2. The van der Waals surface area contributed by atoms with Gasteiger partial charge in [0.05, 0.1) is 6.54 Å². The first-order valence-corrected chi connectivity index (χ1v) is 11.5. The van der Waals surface area contributed by atoms with Gasteiger partial charge in [0.2, 0.25) is 0 Å². The van der Waals surface area contributed by atoms with Crippen LogP contribution in [0, 0.1) is 5.92 Å². The molecule has 0 amide bonds. The molecule has 5 heteroatoms. The third-order valence-corrected chi connectivity index (χ3v) is 6.41. The molecule has 1 aromatic rings. The summed E-state index contributed by atoms with van der Waals surface area (Å²) in [7, 11) is 2.21. The summed E-state index contributed by atoms with van der Waals surface area (Å²) in [6.45, 7) is 17.6. The summed E-state index contributed by atoms with van der Waals surface area (Å²) in [5.74, 6) is 1.54. The van der Waals surface area contributed by atoms with E-state index in [9.17, 15) is 0 Å². The highest BCUT2D eigenvalue weighted by Crippen LogP contribution is 2.31. The van der Waals surface area contributed by atoms with E-state index in [-0.39, 0.29) is 5.41 Å². The monoisotopic (exact) mass is 401 g/mol. The fourth-order valence-electron chi connectivity index (χ4n) is 4.14. The molecule has 29 heavy (non-hydrogen) atoms. The van der Waals surface area contributed by atoms with Crippen LogP contribution in [-0.4, -0.2) is 75.2 Å². The maximum atomic E-state index is 5.01. The van der Waals surface area contributed by atoms with Crippen LogP contribution in [0.1, 0.15) is 46.1 Å². The summed E-state index contributed by atoms with van der Waals surface area (Å²) in [5.41, 5.74) is 1.50. The Bertz CT molecular complexity index is 589. The number of nitrogens with zero attached hydrogens (tertiary/aromatic N) is 3. The van der Waals surface area contributed by atoms with Crippen LogP contribution in [0.4, 0.5) is 0 Å². The number of guanidine groups is 1. The maximum Gasteiger partial charge on any atom is 0.191 e. The van der Waals surface area contributed by atoms with Crippen LogP contribution in [0.3, 0.4) is 0 Å². The molecule has 1 aliphatic heterocycles. The average molecular weight is 402 g/mol. The van der Waals surface area contributed by atoms with E-state index in [0.717, 1.165) is 45.0 Å². The molecule has 0 bridgehead atoms. The van der Waals surface area contributed by atoms with E-state index in [2.05, 4.69) is 85.5 Å². The smallest absolute Gasteiger partial charge is 0.191 e. The van der Waals surface area contributed by atoms with Crippen molar-refractivity contribution < 1.29 is 0 Å². The zero-order valence-electron chi connectivity index (χ0n) is 19.4. The molecule has 2 rings (SSSR count). The Morgan fingerprint density at radius 2 is 1.69 bits per heavy atom. The van der Waals surface area contributed by atoms with Crippen LogP contribution in [0.5, 0.6) is 0 Å². The van der Waals surface area contributed by atoms with Crippen LogP contribution in [0.25, 0.3) is 0 Å². The molecule has 1 aromatic carbocycles. The number of benzene rings is 1. The Kier molecular flexibility index (Phi) is 9.95. The minimum Gasteiger partial charge on any atom is -0.357 e. The van der Waals surface area contributed by atoms with E-state index in [1.807, 2.05) is 0 Å². The zero-order valence-corrected chi connectivity index (χ0v) is 19.4. The molecular weight excluding hydrogens is 358 g/mol. The van der Waals surface area contributed by atoms with Gasteiger partial charge in [0.25, 0.3) is 0 Å². The minimum atomic E-state index is 0.106. The molecule has 2 N–H and O–H groups in total. The van der Waals surface area contributed by atoms with E-state index in [0.29, 0.717) is 5.92 Å². The van der Waals surface area contributed by atoms with Crippen LogP contribution in [0.2, 0.25) is 0 Å². The van der Waals surface area contributed by atoms with E-state index in [1.165, 1.54) is 31.7 Å². The predicted octanol–water partition coefficient (Wildman–Crippen LogP) is 3.18. The van der Waals surface area contributed by atoms with Crippen molar-refractivity contribution in [2.75, 3.05) is 59.4 Å². The summed E-state index contributed by atoms with van der Waals surface area (Å²) in [4.78, 5) is 10.0. The number of hydrogen-bond donors (Lipinski definition) is 2. The Labute approximate surface area is 179 Å². The summed E-state index contributed by atoms with van der Waals surface area (Å²) in [6, 6.07) is 10.9. The number of rotatable bonds is 10. The first-order chi connectivity index (χ1) is 14.0. The molecule has 1 unspecified atom stereocenters. The lowest BCUT2D eigenvalue weighted by Gasteiger charge is -2.34. The second kappa shape index (κ2) is 12.2. The SMILES string of the molecule is CCNC(=NCC(CC)(CC)c1ccccc1)NCC(C)CN1CCN(C)CC1. The predicted molar refractivity (Wildman–Crippen MR) is 126 cm³/mol. The standard InChI is InChI=1S/C24H43N5/c1-6-24(7-2,22-12-10-9-11-13-22)20-27-23(25-8-3)26-18-21(4)19-29-16-14-28(5)15-17-29/h9-13,21H,6-8,14-20H2,1-5H3,(H2,25,26,27). The van der Waals surface area contributed by atoms with Crippen LogP contribution in [0.15, 0.2) is 35.3 Å². The summed E-state index contributed by atoms with van der Waals surface area (Å²) < 4.78 is 0. The first kappa shape index (κ1) is 23.7. The minimum absolute atomic E-state index is 0.106. The van der Waals surface area contributed by atoms with Gasteiger partial charge < -0.3 is 20.4 Å². The van der Waals surface area contributed by atoms with Gasteiger partial charge in [-0.25, -0.2) is 0 Å². The molecule has 0 spiro atoms. The Morgan fingerprint density at radius 3 is 2.28 bits per heavy atom. The second-order valence-corrected chi connectivity index (χ2v) is 8.64. The van der Waals surface area contributed by atoms with Gasteiger partial charge in [0, 0.05) is 51.2 Å². The molecular formula is C24H43N5. The number of hydrogen-bond acceptors (Lipinski definition) is 3. The van der Waals surface area contributed by atoms with Crippen LogP contribution < -0.4 is 10.6 Å². The van der Waals surface area contributed by atoms with Gasteiger partial charge in [-0.3, -0.25) is 4.99 Å². The van der Waals surface area contributed by atoms with Crippen LogP contribution in [-0.2, 0) is 5.41 Å². The lowest BCUT2D eigenvalue weighted by atomic mass is 9.76. The van der Waals surface area contributed by atoms with Crippen molar-refractivity contribution in [2.24, 2.45) is 10.9 Å². The normalized spacial score (nSPS) is 17.9. The van der Waals surface area contributed by atoms with Crippen LogP contribution >= 0.6 is 0 Å². The fourth-order valence-corrected chi connectivity index (χ4v) is 4.14. The molecule has 1 heterocycles. The highest BCUT2D eigenvalue weighted by Gasteiger charge is 2.28. The summed E-state index contributed by atoms with van der Waals surface area (Å²) >= 11 is 0. The van der Waals surface area contributed by atoms with Gasteiger partial charge in [-0.05, 0) is 38.3 Å². The van der Waals surface area contributed by atoms with Gasteiger partial charge >= 0.3 is 0 Å². The van der Waals surface area contributed by atoms with Crippen molar-refractivity contribution in [1.29, 1.82) is 0 Å². The van der Waals surface area contributed by atoms with Gasteiger partial charge in [0.15, 0.2) is 5.96 Å². The number of aliphatic imine (C=N–C) groups is 1. The van der Waals surface area contributed by atoms with Crippen molar-refractivity contribution in [3.8, 4) is 0 Å². The Morgan fingerprint density at radius 1 is 1.03 bits per heavy atom. The van der Waals surface area contributed by atoms with Crippen molar-refractivity contribution in [3.05, 3.63) is 35.9 Å². The molecule has 0 aliphatic carbocycles. The lowest BCUT2D eigenvalue weighted by molar-refractivity contribution is 0.139. The van der Waals surface area contributed by atoms with Crippen molar-refractivity contribution in [2.45, 2.75) is 46.0 Å². The first-order valence-electron chi connectivity index (χ1n) is 11.5. The molecule has 5 nitrogen and oxygen atoms in total. The molecule has 1 saturated heterocycles. The maximum absolute atomic E-state index is 5.01. The third kappa shape index (κ3) is 7.31. The van der Waals surface area contributed by atoms with Crippen molar-refractivity contribution in [3.63, 3.8) is 0 Å². The van der Waals surface area contributed by atoms with E-state index < -0.39 is 0 Å². The van der Waals surface area contributed by atoms with Gasteiger partial charge in [-0.2, -0.15) is 0 Å². The van der Waals surface area contributed by atoms with E-state index in [1.54, 1.807) is 0 Å².